The van der Waals surface area contributed by atoms with Crippen LogP contribution in [0.1, 0.15) is 10.4 Å². The third-order valence-corrected chi connectivity index (χ3v) is 7.68. The highest BCUT2D eigenvalue weighted by molar-refractivity contribution is 8.14. The fourth-order valence-corrected chi connectivity index (χ4v) is 5.57. The standard InChI is InChI=1S/C26H22ClN3O5S2/c1-15-7-10-36-23(15)13-18-25(32)30(19-11-16(27)3-5-20(19)33-2)26(29-18)37-14-24(31)28-17-4-6-21-22(12-17)35-9-8-34-21/h3-7,10-13H,8-9,14H2,1-2H3,(H,28,31). The maximum atomic E-state index is 13.5. The molecule has 0 fully saturated rings. The summed E-state index contributed by atoms with van der Waals surface area (Å²) in [7, 11) is 1.52. The van der Waals surface area contributed by atoms with Gasteiger partial charge >= 0.3 is 0 Å². The number of amidine groups is 1. The van der Waals surface area contributed by atoms with Gasteiger partial charge < -0.3 is 19.5 Å². The van der Waals surface area contributed by atoms with E-state index in [1.165, 1.54) is 23.3 Å². The summed E-state index contributed by atoms with van der Waals surface area (Å²) in [5, 5.41) is 5.61. The van der Waals surface area contributed by atoms with E-state index in [2.05, 4.69) is 10.3 Å². The van der Waals surface area contributed by atoms with Crippen LogP contribution in [-0.2, 0) is 9.59 Å². The zero-order valence-electron chi connectivity index (χ0n) is 19.9. The van der Waals surface area contributed by atoms with Crippen molar-refractivity contribution in [2.75, 3.05) is 36.3 Å². The molecule has 0 bridgehead atoms. The number of thioether (sulfide) groups is 1. The predicted octanol–water partition coefficient (Wildman–Crippen LogP) is 5.61. The van der Waals surface area contributed by atoms with Gasteiger partial charge in [0.25, 0.3) is 5.91 Å². The number of aliphatic imine (C=N–C) groups is 1. The van der Waals surface area contributed by atoms with E-state index in [1.54, 1.807) is 42.5 Å². The van der Waals surface area contributed by atoms with Crippen LogP contribution in [0.5, 0.6) is 17.2 Å². The second-order valence-corrected chi connectivity index (χ2v) is 10.4. The second kappa shape index (κ2) is 10.9. The van der Waals surface area contributed by atoms with Crippen LogP contribution in [0, 0.1) is 6.92 Å². The molecule has 0 atom stereocenters. The number of halogens is 1. The number of methoxy groups -OCH3 is 1. The first-order chi connectivity index (χ1) is 17.9. The largest absolute Gasteiger partial charge is 0.495 e. The molecule has 11 heteroatoms. The molecule has 3 heterocycles. The first-order valence-corrected chi connectivity index (χ1v) is 13.5. The minimum Gasteiger partial charge on any atom is -0.495 e. The fourth-order valence-electron chi connectivity index (χ4n) is 3.75. The number of ether oxygens (including phenoxy) is 3. The number of aryl methyl sites for hydroxylation is 1. The predicted molar refractivity (Wildman–Crippen MR) is 148 cm³/mol. The van der Waals surface area contributed by atoms with Crippen LogP contribution in [0.3, 0.4) is 0 Å². The Labute approximate surface area is 226 Å². The Morgan fingerprint density at radius 2 is 2.03 bits per heavy atom. The van der Waals surface area contributed by atoms with Crippen LogP contribution in [0.15, 0.2) is 58.5 Å². The summed E-state index contributed by atoms with van der Waals surface area (Å²) >= 11 is 8.92. The highest BCUT2D eigenvalue weighted by Gasteiger charge is 2.34. The van der Waals surface area contributed by atoms with Gasteiger partial charge in [0.15, 0.2) is 16.7 Å². The first-order valence-electron chi connectivity index (χ1n) is 11.3. The van der Waals surface area contributed by atoms with E-state index >= 15 is 0 Å². The Bertz CT molecular complexity index is 1440. The second-order valence-electron chi connectivity index (χ2n) is 8.04. The van der Waals surface area contributed by atoms with Gasteiger partial charge in [-0.05, 0) is 60.3 Å². The quantitative estimate of drug-likeness (QED) is 0.398. The maximum absolute atomic E-state index is 13.5. The van der Waals surface area contributed by atoms with E-state index in [1.807, 2.05) is 18.4 Å². The molecule has 5 rings (SSSR count). The lowest BCUT2D eigenvalue weighted by Crippen LogP contribution is -2.31. The van der Waals surface area contributed by atoms with Crippen LogP contribution in [0.25, 0.3) is 6.08 Å². The lowest BCUT2D eigenvalue weighted by Gasteiger charge is -2.20. The number of benzene rings is 2. The van der Waals surface area contributed by atoms with Crippen molar-refractivity contribution in [1.29, 1.82) is 0 Å². The zero-order chi connectivity index (χ0) is 25.9. The molecule has 3 aromatic rings. The molecule has 1 N–H and O–H groups in total. The van der Waals surface area contributed by atoms with Gasteiger partial charge in [-0.3, -0.25) is 9.59 Å². The van der Waals surface area contributed by atoms with Crippen LogP contribution < -0.4 is 24.4 Å². The average Bonchev–Trinajstić information content (AvgIpc) is 3.44. The number of rotatable bonds is 6. The number of thiophene rings is 1. The Balaban J connectivity index is 1.39. The third kappa shape index (κ3) is 5.46. The van der Waals surface area contributed by atoms with Gasteiger partial charge in [-0.25, -0.2) is 9.89 Å². The summed E-state index contributed by atoms with van der Waals surface area (Å²) in [6, 6.07) is 12.2. The number of amides is 2. The van der Waals surface area contributed by atoms with E-state index in [-0.39, 0.29) is 23.3 Å². The Morgan fingerprint density at radius 1 is 1.22 bits per heavy atom. The van der Waals surface area contributed by atoms with Crippen molar-refractivity contribution < 1.29 is 23.8 Å². The van der Waals surface area contributed by atoms with Gasteiger partial charge in [-0.2, -0.15) is 0 Å². The maximum Gasteiger partial charge on any atom is 0.283 e. The van der Waals surface area contributed by atoms with Crippen LogP contribution in [0.2, 0.25) is 5.02 Å². The van der Waals surface area contributed by atoms with Gasteiger partial charge in [0.05, 0.1) is 18.6 Å². The van der Waals surface area contributed by atoms with Crippen molar-refractivity contribution in [3.05, 3.63) is 69.0 Å². The minimum atomic E-state index is -0.330. The van der Waals surface area contributed by atoms with E-state index in [0.717, 1.165) is 22.2 Å². The summed E-state index contributed by atoms with van der Waals surface area (Å²) in [6.45, 7) is 2.92. The molecule has 2 aliphatic heterocycles. The molecular weight excluding hydrogens is 534 g/mol. The summed E-state index contributed by atoms with van der Waals surface area (Å²) in [5.41, 5.74) is 2.35. The molecular formula is C26H22ClN3O5S2. The number of anilines is 2. The minimum absolute atomic E-state index is 0.0191. The van der Waals surface area contributed by atoms with Gasteiger partial charge in [-0.1, -0.05) is 23.4 Å². The molecule has 0 radical (unpaired) electrons. The van der Waals surface area contributed by atoms with E-state index in [0.29, 0.717) is 52.0 Å². The Hall–Kier alpha value is -3.47. The zero-order valence-corrected chi connectivity index (χ0v) is 22.3. The van der Waals surface area contributed by atoms with Crippen molar-refractivity contribution in [3.63, 3.8) is 0 Å². The molecule has 190 valence electrons. The Morgan fingerprint density at radius 3 is 2.78 bits per heavy atom. The smallest absolute Gasteiger partial charge is 0.283 e. The lowest BCUT2D eigenvalue weighted by atomic mass is 10.2. The number of carbonyl (C=O) groups excluding carboxylic acids is 2. The summed E-state index contributed by atoms with van der Waals surface area (Å²) in [5.74, 6) is 1.11. The van der Waals surface area contributed by atoms with E-state index < -0.39 is 0 Å². The van der Waals surface area contributed by atoms with Crippen molar-refractivity contribution >= 4 is 69.1 Å². The summed E-state index contributed by atoms with van der Waals surface area (Å²) < 4.78 is 16.6. The fraction of sp³-hybridized carbons (Fsp3) is 0.192. The molecule has 2 aromatic carbocycles. The number of hydrogen-bond donors (Lipinski definition) is 1. The molecule has 2 aliphatic rings. The van der Waals surface area contributed by atoms with Crippen molar-refractivity contribution in [1.82, 2.24) is 0 Å². The van der Waals surface area contributed by atoms with Crippen LogP contribution >= 0.6 is 34.7 Å². The SMILES string of the molecule is COc1ccc(Cl)cc1N1C(=O)C(=Cc2sccc2C)N=C1SCC(=O)Nc1ccc2c(c1)OCCO2. The topological polar surface area (TPSA) is 89.5 Å². The number of nitrogens with one attached hydrogen (secondary N) is 1. The Kier molecular flexibility index (Phi) is 7.40. The molecule has 2 amide bonds. The van der Waals surface area contributed by atoms with E-state index in [4.69, 9.17) is 25.8 Å². The van der Waals surface area contributed by atoms with Crippen LogP contribution in [-0.4, -0.2) is 43.1 Å². The average molecular weight is 556 g/mol. The highest BCUT2D eigenvalue weighted by Crippen LogP contribution is 2.38. The lowest BCUT2D eigenvalue weighted by molar-refractivity contribution is -0.114. The monoisotopic (exact) mass is 555 g/mol. The third-order valence-electron chi connectivity index (χ3n) is 5.54. The van der Waals surface area contributed by atoms with Gasteiger partial charge in [0, 0.05) is 21.7 Å². The molecule has 0 unspecified atom stereocenters. The van der Waals surface area contributed by atoms with Crippen molar-refractivity contribution in [2.45, 2.75) is 6.92 Å². The number of fused-ring (bicyclic) bond motifs is 1. The highest BCUT2D eigenvalue weighted by atomic mass is 35.5. The molecule has 8 nitrogen and oxygen atoms in total. The molecule has 0 spiro atoms. The number of hydrogen-bond acceptors (Lipinski definition) is 8. The molecule has 0 saturated heterocycles. The normalized spacial score (nSPS) is 15.6. The molecule has 37 heavy (non-hydrogen) atoms. The number of carbonyl (C=O) groups is 2. The summed E-state index contributed by atoms with van der Waals surface area (Å²) in [4.78, 5) is 33.3. The number of nitrogens with zero attached hydrogens (tertiary/aromatic N) is 2. The van der Waals surface area contributed by atoms with Gasteiger partial charge in [-0.15, -0.1) is 11.3 Å². The molecule has 0 aliphatic carbocycles. The van der Waals surface area contributed by atoms with E-state index in [9.17, 15) is 9.59 Å². The van der Waals surface area contributed by atoms with Crippen molar-refractivity contribution in [2.24, 2.45) is 4.99 Å². The molecule has 1 aromatic heterocycles. The van der Waals surface area contributed by atoms with Crippen LogP contribution in [0.4, 0.5) is 11.4 Å². The molecule has 0 saturated carbocycles. The van der Waals surface area contributed by atoms with Gasteiger partial charge in [0.1, 0.15) is 24.7 Å². The van der Waals surface area contributed by atoms with Crippen molar-refractivity contribution in [3.8, 4) is 17.2 Å². The van der Waals surface area contributed by atoms with Gasteiger partial charge in [0.2, 0.25) is 5.91 Å². The summed E-state index contributed by atoms with van der Waals surface area (Å²) in [6.07, 6.45) is 1.76. The first kappa shape index (κ1) is 25.2.